The Morgan fingerprint density at radius 3 is 2.34 bits per heavy atom. The Labute approximate surface area is 187 Å². The van der Waals surface area contributed by atoms with Gasteiger partial charge in [0.25, 0.3) is 0 Å². The molecule has 0 fully saturated rings. The van der Waals surface area contributed by atoms with E-state index < -0.39 is 0 Å². The van der Waals surface area contributed by atoms with E-state index in [0.717, 1.165) is 40.9 Å². The largest absolute Gasteiger partial charge is 0.309 e. The fourth-order valence-electron chi connectivity index (χ4n) is 4.00. The normalized spacial score (nSPS) is 12.2. The van der Waals surface area contributed by atoms with Crippen molar-refractivity contribution in [3.05, 3.63) is 113 Å². The van der Waals surface area contributed by atoms with Gasteiger partial charge in [0.1, 0.15) is 5.69 Å². The van der Waals surface area contributed by atoms with Crippen molar-refractivity contribution in [3.63, 3.8) is 0 Å². The van der Waals surface area contributed by atoms with Crippen LogP contribution in [0.1, 0.15) is 28.1 Å². The third-order valence-corrected chi connectivity index (χ3v) is 5.60. The Bertz CT molecular complexity index is 1280. The van der Waals surface area contributed by atoms with E-state index in [2.05, 4.69) is 23.5 Å². The quantitative estimate of drug-likeness (QED) is 0.460. The molecule has 32 heavy (non-hydrogen) atoms. The lowest BCUT2D eigenvalue weighted by molar-refractivity contribution is -0.115. The molecule has 156 valence electrons. The van der Waals surface area contributed by atoms with Crippen molar-refractivity contribution < 1.29 is 4.79 Å². The summed E-state index contributed by atoms with van der Waals surface area (Å²) in [6, 6.07) is 28.1. The van der Waals surface area contributed by atoms with E-state index in [1.807, 2.05) is 78.9 Å². The number of carbonyl (C=O) groups excluding carboxylic acids is 1. The number of hydrogen-bond acceptors (Lipinski definition) is 3. The van der Waals surface area contributed by atoms with Gasteiger partial charge in [-0.3, -0.25) is 4.79 Å². The number of hydrogen-bond donors (Lipinski definition) is 1. The number of nitrogens with one attached hydrogen (secondary N) is 1. The molecule has 4 heteroatoms. The summed E-state index contributed by atoms with van der Waals surface area (Å²) in [4.78, 5) is 22.6. The van der Waals surface area contributed by atoms with E-state index in [9.17, 15) is 4.79 Å². The van der Waals surface area contributed by atoms with Gasteiger partial charge < -0.3 is 5.32 Å². The highest BCUT2D eigenvalue weighted by Crippen LogP contribution is 2.33. The number of fused-ring (bicyclic) bond motifs is 3. The molecule has 0 saturated heterocycles. The molecule has 0 spiro atoms. The molecule has 5 rings (SSSR count). The van der Waals surface area contributed by atoms with Gasteiger partial charge in [-0.15, -0.1) is 0 Å². The van der Waals surface area contributed by atoms with Crippen molar-refractivity contribution in [2.75, 3.05) is 5.32 Å². The number of benzene rings is 3. The minimum absolute atomic E-state index is 0.101. The summed E-state index contributed by atoms with van der Waals surface area (Å²) in [5.74, 6) is 0.410. The lowest BCUT2D eigenvalue weighted by Gasteiger charge is -2.20. The highest BCUT2D eigenvalue weighted by Gasteiger charge is 2.21. The van der Waals surface area contributed by atoms with Crippen LogP contribution < -0.4 is 5.32 Å². The summed E-state index contributed by atoms with van der Waals surface area (Å²) in [5, 5.41) is 3.01. The lowest BCUT2D eigenvalue weighted by atomic mass is 9.92. The number of anilines is 1. The van der Waals surface area contributed by atoms with E-state index in [1.54, 1.807) is 0 Å². The van der Waals surface area contributed by atoms with Crippen molar-refractivity contribution in [3.8, 4) is 11.3 Å². The standard InChI is InChI=1S/C28H23N3O/c32-26(19-21-11-5-2-6-12-21)31-28-25(17-15-20-9-3-1-4-10-20)29-27-23-14-8-7-13-22(23)16-18-24(27)30-28/h1-15,17H,16,18-19H2,(H,30,31,32)/b17-15+. The molecule has 4 nitrogen and oxygen atoms in total. The average Bonchev–Trinajstić information content (AvgIpc) is 2.84. The summed E-state index contributed by atoms with van der Waals surface area (Å²) in [6.07, 6.45) is 5.96. The van der Waals surface area contributed by atoms with Crippen LogP contribution in [-0.2, 0) is 24.1 Å². The molecule has 0 aliphatic heterocycles. The van der Waals surface area contributed by atoms with Gasteiger partial charge in [0, 0.05) is 5.56 Å². The van der Waals surface area contributed by atoms with Gasteiger partial charge in [0.15, 0.2) is 5.82 Å². The maximum Gasteiger partial charge on any atom is 0.230 e. The van der Waals surface area contributed by atoms with Gasteiger partial charge >= 0.3 is 0 Å². The van der Waals surface area contributed by atoms with Crippen molar-refractivity contribution in [2.45, 2.75) is 19.3 Å². The summed E-state index contributed by atoms with van der Waals surface area (Å²) in [5.41, 5.74) is 6.92. The fraction of sp³-hybridized carbons (Fsp3) is 0.107. The first-order valence-electron chi connectivity index (χ1n) is 10.8. The zero-order chi connectivity index (χ0) is 21.8. The average molecular weight is 418 g/mol. The second-order valence-corrected chi connectivity index (χ2v) is 7.86. The number of rotatable bonds is 5. The molecule has 1 aliphatic rings. The first-order valence-corrected chi connectivity index (χ1v) is 10.8. The van der Waals surface area contributed by atoms with Crippen molar-refractivity contribution in [1.82, 2.24) is 9.97 Å². The Kier molecular flexibility index (Phi) is 5.58. The highest BCUT2D eigenvalue weighted by atomic mass is 16.1. The first kappa shape index (κ1) is 19.9. The highest BCUT2D eigenvalue weighted by molar-refractivity contribution is 5.93. The lowest BCUT2D eigenvalue weighted by Crippen LogP contribution is -2.19. The molecule has 0 bridgehead atoms. The number of carbonyl (C=O) groups is 1. The molecule has 1 aromatic heterocycles. The zero-order valence-corrected chi connectivity index (χ0v) is 17.7. The summed E-state index contributed by atoms with van der Waals surface area (Å²) in [6.45, 7) is 0. The molecule has 0 atom stereocenters. The molecule has 1 N–H and O–H groups in total. The van der Waals surface area contributed by atoms with E-state index in [0.29, 0.717) is 17.9 Å². The molecule has 0 unspecified atom stereocenters. The van der Waals surface area contributed by atoms with Gasteiger partial charge in [-0.1, -0.05) is 91.0 Å². The molecule has 0 radical (unpaired) electrons. The van der Waals surface area contributed by atoms with Crippen molar-refractivity contribution in [2.24, 2.45) is 0 Å². The second-order valence-electron chi connectivity index (χ2n) is 7.86. The van der Waals surface area contributed by atoms with Crippen LogP contribution in [0.2, 0.25) is 0 Å². The summed E-state index contributed by atoms with van der Waals surface area (Å²) in [7, 11) is 0. The van der Waals surface area contributed by atoms with Crippen LogP contribution in [0.25, 0.3) is 23.4 Å². The number of amides is 1. The number of aromatic nitrogens is 2. The van der Waals surface area contributed by atoms with Gasteiger partial charge in [-0.05, 0) is 35.6 Å². The van der Waals surface area contributed by atoms with Gasteiger partial charge in [0.05, 0.1) is 17.8 Å². The van der Waals surface area contributed by atoms with Gasteiger partial charge in [0.2, 0.25) is 5.91 Å². The van der Waals surface area contributed by atoms with Crippen LogP contribution >= 0.6 is 0 Å². The minimum atomic E-state index is -0.101. The van der Waals surface area contributed by atoms with Crippen LogP contribution in [0.3, 0.4) is 0 Å². The van der Waals surface area contributed by atoms with Crippen LogP contribution in [0.5, 0.6) is 0 Å². The molecule has 1 aliphatic carbocycles. The SMILES string of the molecule is O=C(Cc1ccccc1)Nc1nc2c(nc1/C=C/c1ccccc1)-c1ccccc1CC2. The minimum Gasteiger partial charge on any atom is -0.309 e. The van der Waals surface area contributed by atoms with E-state index in [1.165, 1.54) is 5.56 Å². The third-order valence-electron chi connectivity index (χ3n) is 5.60. The first-order chi connectivity index (χ1) is 15.8. The topological polar surface area (TPSA) is 54.9 Å². The van der Waals surface area contributed by atoms with E-state index >= 15 is 0 Å². The zero-order valence-electron chi connectivity index (χ0n) is 17.7. The molecular formula is C28H23N3O. The molecule has 3 aromatic carbocycles. The van der Waals surface area contributed by atoms with Crippen LogP contribution in [0, 0.1) is 0 Å². The molecule has 0 saturated carbocycles. The van der Waals surface area contributed by atoms with Crippen LogP contribution in [-0.4, -0.2) is 15.9 Å². The maximum atomic E-state index is 12.8. The van der Waals surface area contributed by atoms with Crippen molar-refractivity contribution in [1.29, 1.82) is 0 Å². The number of aryl methyl sites for hydroxylation is 2. The summed E-state index contributed by atoms with van der Waals surface area (Å²) >= 11 is 0. The molecular weight excluding hydrogens is 394 g/mol. The monoisotopic (exact) mass is 417 g/mol. The fourth-order valence-corrected chi connectivity index (χ4v) is 4.00. The van der Waals surface area contributed by atoms with Gasteiger partial charge in [-0.2, -0.15) is 0 Å². The third kappa shape index (κ3) is 4.35. The van der Waals surface area contributed by atoms with Gasteiger partial charge in [-0.25, -0.2) is 9.97 Å². The van der Waals surface area contributed by atoms with Crippen LogP contribution in [0.15, 0.2) is 84.9 Å². The predicted molar refractivity (Wildman–Crippen MR) is 129 cm³/mol. The number of nitrogens with zero attached hydrogens (tertiary/aromatic N) is 2. The Morgan fingerprint density at radius 2 is 1.53 bits per heavy atom. The van der Waals surface area contributed by atoms with Crippen molar-refractivity contribution >= 4 is 23.9 Å². The summed E-state index contributed by atoms with van der Waals surface area (Å²) < 4.78 is 0. The Morgan fingerprint density at radius 1 is 0.812 bits per heavy atom. The second kappa shape index (κ2) is 8.98. The molecule has 4 aromatic rings. The Hall–Kier alpha value is -4.05. The molecule has 1 amide bonds. The maximum absolute atomic E-state index is 12.8. The smallest absolute Gasteiger partial charge is 0.230 e. The molecule has 1 heterocycles. The van der Waals surface area contributed by atoms with E-state index in [4.69, 9.17) is 9.97 Å². The Balaban J connectivity index is 1.51. The van der Waals surface area contributed by atoms with Crippen LogP contribution in [0.4, 0.5) is 5.82 Å². The predicted octanol–water partition coefficient (Wildman–Crippen LogP) is 5.59. The van der Waals surface area contributed by atoms with E-state index in [-0.39, 0.29) is 5.91 Å².